The minimum Gasteiger partial charge on any atom is -0.387 e. The normalized spacial score (nSPS) is 12.0. The maximum absolute atomic E-state index is 13.1. The molecular formula is C17H16Cl2FNO2. The summed E-state index contributed by atoms with van der Waals surface area (Å²) in [4.78, 5) is 11.8. The zero-order chi connectivity index (χ0) is 16.8. The fourth-order valence-corrected chi connectivity index (χ4v) is 2.61. The van der Waals surface area contributed by atoms with E-state index in [1.54, 1.807) is 24.3 Å². The minimum absolute atomic E-state index is 0.0244. The highest BCUT2D eigenvalue weighted by atomic mass is 35.5. The lowest BCUT2D eigenvalue weighted by atomic mass is 10.1. The molecule has 2 rings (SSSR count). The summed E-state index contributed by atoms with van der Waals surface area (Å²) in [6, 6.07) is 10.8. The van der Waals surface area contributed by atoms with Crippen LogP contribution in [0.4, 0.5) is 4.39 Å². The quantitative estimate of drug-likeness (QED) is 0.824. The highest BCUT2D eigenvalue weighted by Crippen LogP contribution is 2.22. The van der Waals surface area contributed by atoms with Gasteiger partial charge in [-0.1, -0.05) is 41.4 Å². The Morgan fingerprint density at radius 1 is 1.22 bits per heavy atom. The summed E-state index contributed by atoms with van der Waals surface area (Å²) in [7, 11) is 0. The average molecular weight is 356 g/mol. The van der Waals surface area contributed by atoms with E-state index in [1.807, 2.05) is 0 Å². The molecule has 6 heteroatoms. The van der Waals surface area contributed by atoms with E-state index in [0.29, 0.717) is 22.0 Å². The van der Waals surface area contributed by atoms with Crippen molar-refractivity contribution in [1.82, 2.24) is 5.32 Å². The van der Waals surface area contributed by atoms with Crippen molar-refractivity contribution in [2.24, 2.45) is 0 Å². The highest BCUT2D eigenvalue weighted by molar-refractivity contribution is 6.35. The van der Waals surface area contributed by atoms with Crippen LogP contribution in [0.1, 0.15) is 23.7 Å². The number of carbonyl (C=O) groups is 1. The van der Waals surface area contributed by atoms with Gasteiger partial charge in [0.05, 0.1) is 6.10 Å². The van der Waals surface area contributed by atoms with Gasteiger partial charge in [0.1, 0.15) is 5.82 Å². The predicted octanol–water partition coefficient (Wildman–Crippen LogP) is 3.91. The van der Waals surface area contributed by atoms with Gasteiger partial charge in [0.15, 0.2) is 0 Å². The molecular weight excluding hydrogens is 340 g/mol. The van der Waals surface area contributed by atoms with Gasteiger partial charge in [-0.25, -0.2) is 4.39 Å². The highest BCUT2D eigenvalue weighted by Gasteiger charge is 2.11. The number of hydrogen-bond donors (Lipinski definition) is 2. The van der Waals surface area contributed by atoms with E-state index in [0.717, 1.165) is 5.56 Å². The van der Waals surface area contributed by atoms with Gasteiger partial charge in [0, 0.05) is 23.0 Å². The average Bonchev–Trinajstić information content (AvgIpc) is 2.51. The van der Waals surface area contributed by atoms with Gasteiger partial charge in [-0.3, -0.25) is 4.79 Å². The van der Waals surface area contributed by atoms with Crippen LogP contribution < -0.4 is 5.32 Å². The maximum Gasteiger partial charge on any atom is 0.220 e. The minimum atomic E-state index is -0.950. The number of nitrogens with one attached hydrogen (secondary N) is 1. The molecule has 0 aliphatic heterocycles. The second-order valence-electron chi connectivity index (χ2n) is 5.11. The maximum atomic E-state index is 13.1. The van der Waals surface area contributed by atoms with E-state index in [2.05, 4.69) is 5.32 Å². The van der Waals surface area contributed by atoms with Gasteiger partial charge in [-0.2, -0.15) is 0 Å². The molecule has 0 saturated heterocycles. The van der Waals surface area contributed by atoms with E-state index >= 15 is 0 Å². The fourth-order valence-electron chi connectivity index (χ4n) is 2.10. The van der Waals surface area contributed by atoms with Crippen LogP contribution in [0.2, 0.25) is 10.0 Å². The summed E-state index contributed by atoms with van der Waals surface area (Å²) in [5.41, 5.74) is 1.25. The lowest BCUT2D eigenvalue weighted by Gasteiger charge is -2.12. The first-order valence-electron chi connectivity index (χ1n) is 7.10. The fraction of sp³-hybridized carbons (Fsp3) is 0.235. The lowest BCUT2D eigenvalue weighted by Crippen LogP contribution is -2.28. The van der Waals surface area contributed by atoms with Gasteiger partial charge < -0.3 is 10.4 Å². The number of halogens is 3. The van der Waals surface area contributed by atoms with Crippen LogP contribution in [-0.4, -0.2) is 17.6 Å². The third-order valence-corrected chi connectivity index (χ3v) is 3.95. The Labute approximate surface area is 144 Å². The van der Waals surface area contributed by atoms with Gasteiger partial charge in [-0.05, 0) is 41.8 Å². The molecule has 2 aromatic carbocycles. The summed E-state index contributed by atoms with van der Waals surface area (Å²) < 4.78 is 13.1. The number of amides is 1. The van der Waals surface area contributed by atoms with Crippen molar-refractivity contribution < 1.29 is 14.3 Å². The Bertz CT molecular complexity index is 694. The zero-order valence-corrected chi connectivity index (χ0v) is 13.7. The molecule has 3 nitrogen and oxygen atoms in total. The first kappa shape index (κ1) is 17.7. The monoisotopic (exact) mass is 355 g/mol. The molecule has 1 atom stereocenters. The molecule has 0 saturated carbocycles. The van der Waals surface area contributed by atoms with Crippen molar-refractivity contribution in [2.45, 2.75) is 18.9 Å². The molecule has 0 aliphatic carbocycles. The molecule has 0 spiro atoms. The summed E-state index contributed by atoms with van der Waals surface area (Å²) >= 11 is 11.9. The SMILES string of the molecule is O=C(CCc1ccc(Cl)cc1Cl)NCC(O)c1cccc(F)c1. The van der Waals surface area contributed by atoms with Gasteiger partial charge >= 0.3 is 0 Å². The van der Waals surface area contributed by atoms with Crippen molar-refractivity contribution >= 4 is 29.1 Å². The van der Waals surface area contributed by atoms with Crippen LogP contribution >= 0.6 is 23.2 Å². The second kappa shape index (κ2) is 8.29. The molecule has 0 fully saturated rings. The van der Waals surface area contributed by atoms with Gasteiger partial charge in [0.2, 0.25) is 5.91 Å². The van der Waals surface area contributed by atoms with Crippen molar-refractivity contribution in [2.75, 3.05) is 6.54 Å². The van der Waals surface area contributed by atoms with E-state index < -0.39 is 11.9 Å². The standard InChI is InChI=1S/C17H16Cl2FNO2/c18-13-6-4-11(15(19)9-13)5-7-17(23)21-10-16(22)12-2-1-3-14(20)8-12/h1-4,6,8-9,16,22H,5,7,10H2,(H,21,23). The molecule has 122 valence electrons. The van der Waals surface area contributed by atoms with E-state index in [9.17, 15) is 14.3 Å². The third kappa shape index (κ3) is 5.50. The lowest BCUT2D eigenvalue weighted by molar-refractivity contribution is -0.121. The van der Waals surface area contributed by atoms with Crippen molar-refractivity contribution in [3.63, 3.8) is 0 Å². The smallest absolute Gasteiger partial charge is 0.220 e. The zero-order valence-electron chi connectivity index (χ0n) is 12.2. The largest absolute Gasteiger partial charge is 0.387 e. The summed E-state index contributed by atoms with van der Waals surface area (Å²) in [6.07, 6.45) is -0.247. The third-order valence-electron chi connectivity index (χ3n) is 3.36. The number of carbonyl (C=O) groups excluding carboxylic acids is 1. The van der Waals surface area contributed by atoms with Gasteiger partial charge in [-0.15, -0.1) is 0 Å². The van der Waals surface area contributed by atoms with E-state index in [1.165, 1.54) is 18.2 Å². The molecule has 0 aromatic heterocycles. The van der Waals surface area contributed by atoms with Crippen LogP contribution in [-0.2, 0) is 11.2 Å². The molecule has 0 bridgehead atoms. The number of aryl methyl sites for hydroxylation is 1. The van der Waals surface area contributed by atoms with E-state index in [-0.39, 0.29) is 18.9 Å². The van der Waals surface area contributed by atoms with Crippen molar-refractivity contribution in [1.29, 1.82) is 0 Å². The Morgan fingerprint density at radius 3 is 2.70 bits per heavy atom. The van der Waals surface area contributed by atoms with Crippen LogP contribution in [0, 0.1) is 5.82 Å². The molecule has 2 N–H and O–H groups in total. The molecule has 0 aliphatic rings. The van der Waals surface area contributed by atoms with Crippen LogP contribution in [0.15, 0.2) is 42.5 Å². The van der Waals surface area contributed by atoms with Crippen LogP contribution in [0.25, 0.3) is 0 Å². The molecule has 23 heavy (non-hydrogen) atoms. The number of hydrogen-bond acceptors (Lipinski definition) is 2. The first-order valence-corrected chi connectivity index (χ1v) is 7.85. The van der Waals surface area contributed by atoms with Crippen molar-refractivity contribution in [3.8, 4) is 0 Å². The second-order valence-corrected chi connectivity index (χ2v) is 5.95. The van der Waals surface area contributed by atoms with Crippen LogP contribution in [0.3, 0.4) is 0 Å². The Hall–Kier alpha value is -1.62. The summed E-state index contributed by atoms with van der Waals surface area (Å²) in [5, 5.41) is 13.6. The summed E-state index contributed by atoms with van der Waals surface area (Å²) in [5.74, 6) is -0.642. The number of rotatable bonds is 6. The molecule has 0 radical (unpaired) electrons. The number of aliphatic hydroxyl groups is 1. The summed E-state index contributed by atoms with van der Waals surface area (Å²) in [6.45, 7) is 0.0244. The first-order chi connectivity index (χ1) is 11.0. The molecule has 1 amide bonds. The van der Waals surface area contributed by atoms with Crippen molar-refractivity contribution in [3.05, 3.63) is 69.5 Å². The Kier molecular flexibility index (Phi) is 6.39. The molecule has 1 unspecified atom stereocenters. The topological polar surface area (TPSA) is 49.3 Å². The van der Waals surface area contributed by atoms with Gasteiger partial charge in [0.25, 0.3) is 0 Å². The molecule has 2 aromatic rings. The van der Waals surface area contributed by atoms with Crippen LogP contribution in [0.5, 0.6) is 0 Å². The number of aliphatic hydroxyl groups excluding tert-OH is 1. The predicted molar refractivity (Wildman–Crippen MR) is 89.2 cm³/mol. The molecule has 0 heterocycles. The number of benzene rings is 2. The Morgan fingerprint density at radius 2 is 2.00 bits per heavy atom. The Balaban J connectivity index is 1.81. The van der Waals surface area contributed by atoms with E-state index in [4.69, 9.17) is 23.2 Å².